The van der Waals surface area contributed by atoms with E-state index in [0.29, 0.717) is 38.6 Å². The van der Waals surface area contributed by atoms with Crippen molar-refractivity contribution < 1.29 is 23.5 Å². The molecule has 3 aromatic rings. The van der Waals surface area contributed by atoms with Crippen LogP contribution in [0.4, 0.5) is 0 Å². The molecule has 0 saturated heterocycles. The van der Waals surface area contributed by atoms with Crippen LogP contribution in [0, 0.1) is 0 Å². The molecule has 10 heteroatoms. The van der Waals surface area contributed by atoms with Gasteiger partial charge >= 0.3 is 0 Å². The zero-order chi connectivity index (χ0) is 23.1. The monoisotopic (exact) mass is 475 g/mol. The van der Waals surface area contributed by atoms with Crippen LogP contribution in [0.3, 0.4) is 0 Å². The number of amides is 2. The van der Waals surface area contributed by atoms with Gasteiger partial charge in [-0.25, -0.2) is 5.43 Å². The van der Waals surface area contributed by atoms with Gasteiger partial charge in [0, 0.05) is 11.1 Å². The SMILES string of the molecule is COc1ccc(C(=O)NCC(=O)N/N=C/c2ccc(-c3ccc(Cl)c(Cl)c3)o2)cc1OC. The first kappa shape index (κ1) is 23.2. The Hall–Kier alpha value is -3.49. The van der Waals surface area contributed by atoms with Crippen molar-refractivity contribution in [1.82, 2.24) is 10.7 Å². The number of methoxy groups -OCH3 is 2. The smallest absolute Gasteiger partial charge is 0.259 e. The minimum absolute atomic E-state index is 0.267. The van der Waals surface area contributed by atoms with Crippen molar-refractivity contribution in [3.8, 4) is 22.8 Å². The van der Waals surface area contributed by atoms with E-state index in [4.69, 9.17) is 37.1 Å². The van der Waals surface area contributed by atoms with Crippen LogP contribution in [0.15, 0.2) is 58.0 Å². The van der Waals surface area contributed by atoms with E-state index in [-0.39, 0.29) is 6.54 Å². The Kier molecular flexibility index (Phi) is 7.75. The topological polar surface area (TPSA) is 102 Å². The number of benzene rings is 2. The number of hydrazone groups is 1. The van der Waals surface area contributed by atoms with Gasteiger partial charge in [0.25, 0.3) is 11.8 Å². The minimum atomic E-state index is -0.508. The molecule has 0 bridgehead atoms. The van der Waals surface area contributed by atoms with E-state index in [1.807, 2.05) is 0 Å². The third-order valence-corrected chi connectivity index (χ3v) is 5.01. The van der Waals surface area contributed by atoms with Gasteiger partial charge in [0.05, 0.1) is 37.0 Å². The van der Waals surface area contributed by atoms with E-state index in [1.54, 1.807) is 42.5 Å². The average Bonchev–Trinajstić information content (AvgIpc) is 3.27. The molecule has 3 rings (SSSR count). The Morgan fingerprint density at radius 1 is 1.00 bits per heavy atom. The van der Waals surface area contributed by atoms with Crippen LogP contribution in [0.1, 0.15) is 16.1 Å². The number of nitrogens with zero attached hydrogens (tertiary/aromatic N) is 1. The number of ether oxygens (including phenoxy) is 2. The number of carbonyl (C=O) groups is 2. The van der Waals surface area contributed by atoms with E-state index in [0.717, 1.165) is 5.56 Å². The molecule has 2 aromatic carbocycles. The Morgan fingerprint density at radius 2 is 1.78 bits per heavy atom. The molecule has 0 aliphatic heterocycles. The van der Waals surface area contributed by atoms with Gasteiger partial charge in [-0.05, 0) is 48.5 Å². The van der Waals surface area contributed by atoms with Crippen LogP contribution < -0.4 is 20.2 Å². The maximum Gasteiger partial charge on any atom is 0.259 e. The molecule has 1 aromatic heterocycles. The molecule has 32 heavy (non-hydrogen) atoms. The van der Waals surface area contributed by atoms with Crippen molar-refractivity contribution in [2.45, 2.75) is 0 Å². The maximum absolute atomic E-state index is 12.2. The van der Waals surface area contributed by atoms with Crippen LogP contribution in [0.25, 0.3) is 11.3 Å². The Balaban J connectivity index is 1.51. The van der Waals surface area contributed by atoms with Gasteiger partial charge in [0.15, 0.2) is 11.5 Å². The van der Waals surface area contributed by atoms with Crippen molar-refractivity contribution in [3.05, 3.63) is 69.9 Å². The molecule has 2 N–H and O–H groups in total. The summed E-state index contributed by atoms with van der Waals surface area (Å²) in [6, 6.07) is 13.3. The third kappa shape index (κ3) is 5.81. The standard InChI is InChI=1S/C22H19Cl2N3O5/c1-30-19-7-4-14(10-20(19)31-2)22(29)25-12-21(28)27-26-11-15-5-8-18(32-15)13-3-6-16(23)17(24)9-13/h3-11H,12H2,1-2H3,(H,25,29)(H,27,28)/b26-11+. The van der Waals surface area contributed by atoms with Gasteiger partial charge in [0.1, 0.15) is 11.5 Å². The van der Waals surface area contributed by atoms with Gasteiger partial charge in [-0.1, -0.05) is 23.2 Å². The van der Waals surface area contributed by atoms with Gasteiger partial charge < -0.3 is 19.2 Å². The van der Waals surface area contributed by atoms with E-state index in [1.165, 1.54) is 26.5 Å². The molecule has 0 saturated carbocycles. The minimum Gasteiger partial charge on any atom is -0.493 e. The summed E-state index contributed by atoms with van der Waals surface area (Å²) in [4.78, 5) is 24.2. The maximum atomic E-state index is 12.2. The molecule has 0 aliphatic carbocycles. The first-order valence-corrected chi connectivity index (χ1v) is 10.0. The fourth-order valence-electron chi connectivity index (χ4n) is 2.67. The van der Waals surface area contributed by atoms with Gasteiger partial charge in [-0.3, -0.25) is 9.59 Å². The number of hydrogen-bond donors (Lipinski definition) is 2. The van der Waals surface area contributed by atoms with Gasteiger partial charge in [-0.15, -0.1) is 0 Å². The molecule has 0 atom stereocenters. The lowest BCUT2D eigenvalue weighted by molar-refractivity contribution is -0.120. The molecule has 0 spiro atoms. The second kappa shape index (κ2) is 10.7. The van der Waals surface area contributed by atoms with Gasteiger partial charge in [0.2, 0.25) is 0 Å². The van der Waals surface area contributed by atoms with Crippen molar-refractivity contribution >= 4 is 41.2 Å². The molecule has 2 amide bonds. The predicted octanol–water partition coefficient (Wildman–Crippen LogP) is 4.15. The van der Waals surface area contributed by atoms with Crippen LogP contribution in [-0.2, 0) is 4.79 Å². The van der Waals surface area contributed by atoms with Crippen LogP contribution in [0.5, 0.6) is 11.5 Å². The summed E-state index contributed by atoms with van der Waals surface area (Å²) in [5.41, 5.74) is 3.39. The molecule has 0 aliphatic rings. The molecule has 0 radical (unpaired) electrons. The number of carbonyl (C=O) groups excluding carboxylic acids is 2. The number of nitrogens with one attached hydrogen (secondary N) is 2. The first-order valence-electron chi connectivity index (χ1n) is 9.28. The Labute approximate surface area is 194 Å². The summed E-state index contributed by atoms with van der Waals surface area (Å²) in [5.74, 6) is 0.942. The number of furan rings is 1. The molecule has 0 fully saturated rings. The normalized spacial score (nSPS) is 10.8. The summed E-state index contributed by atoms with van der Waals surface area (Å²) in [7, 11) is 2.97. The molecule has 1 heterocycles. The van der Waals surface area contributed by atoms with Crippen LogP contribution in [0.2, 0.25) is 10.0 Å². The summed E-state index contributed by atoms with van der Waals surface area (Å²) < 4.78 is 15.9. The fraction of sp³-hybridized carbons (Fsp3) is 0.136. The van der Waals surface area contributed by atoms with Crippen LogP contribution >= 0.6 is 23.2 Å². The zero-order valence-corrected chi connectivity index (χ0v) is 18.7. The highest BCUT2D eigenvalue weighted by atomic mass is 35.5. The number of hydrogen-bond acceptors (Lipinski definition) is 6. The second-order valence-electron chi connectivity index (χ2n) is 6.38. The van der Waals surface area contributed by atoms with E-state index >= 15 is 0 Å². The highest BCUT2D eigenvalue weighted by molar-refractivity contribution is 6.42. The van der Waals surface area contributed by atoms with E-state index in [9.17, 15) is 9.59 Å². The van der Waals surface area contributed by atoms with Gasteiger partial charge in [-0.2, -0.15) is 5.10 Å². The van der Waals surface area contributed by atoms with Crippen molar-refractivity contribution in [2.24, 2.45) is 5.10 Å². The zero-order valence-electron chi connectivity index (χ0n) is 17.1. The summed E-state index contributed by atoms with van der Waals surface area (Å²) >= 11 is 11.9. The largest absolute Gasteiger partial charge is 0.493 e. The summed E-state index contributed by atoms with van der Waals surface area (Å²) in [5, 5.41) is 7.20. The number of halogens is 2. The fourth-order valence-corrected chi connectivity index (χ4v) is 2.97. The summed E-state index contributed by atoms with van der Waals surface area (Å²) in [6.45, 7) is -0.267. The van der Waals surface area contributed by atoms with Crippen LogP contribution in [-0.4, -0.2) is 38.8 Å². The molecule has 166 valence electrons. The highest BCUT2D eigenvalue weighted by Crippen LogP contribution is 2.29. The van der Waals surface area contributed by atoms with Crippen molar-refractivity contribution in [3.63, 3.8) is 0 Å². The Bertz CT molecular complexity index is 1160. The number of rotatable bonds is 8. The molecular formula is C22H19Cl2N3O5. The molecular weight excluding hydrogens is 457 g/mol. The third-order valence-electron chi connectivity index (χ3n) is 4.27. The molecule has 0 unspecified atom stereocenters. The Morgan fingerprint density at radius 3 is 2.50 bits per heavy atom. The summed E-state index contributed by atoms with van der Waals surface area (Å²) in [6.07, 6.45) is 1.34. The second-order valence-corrected chi connectivity index (χ2v) is 7.19. The predicted molar refractivity (Wildman–Crippen MR) is 122 cm³/mol. The highest BCUT2D eigenvalue weighted by Gasteiger charge is 2.12. The molecule has 8 nitrogen and oxygen atoms in total. The lowest BCUT2D eigenvalue weighted by Crippen LogP contribution is -2.34. The lowest BCUT2D eigenvalue weighted by Gasteiger charge is -2.09. The average molecular weight is 476 g/mol. The van der Waals surface area contributed by atoms with E-state index < -0.39 is 11.8 Å². The van der Waals surface area contributed by atoms with Crippen molar-refractivity contribution in [1.29, 1.82) is 0 Å². The quantitative estimate of drug-likeness (QED) is 0.376. The van der Waals surface area contributed by atoms with E-state index in [2.05, 4.69) is 15.8 Å². The first-order chi connectivity index (χ1) is 15.4. The van der Waals surface area contributed by atoms with Crippen molar-refractivity contribution in [2.75, 3.05) is 20.8 Å². The lowest BCUT2D eigenvalue weighted by atomic mass is 10.2.